The van der Waals surface area contributed by atoms with Crippen LogP contribution in [0.25, 0.3) is 0 Å². The first-order chi connectivity index (χ1) is 9.40. The van der Waals surface area contributed by atoms with Crippen LogP contribution < -0.4 is 15.8 Å². The summed E-state index contributed by atoms with van der Waals surface area (Å²) in [4.78, 5) is 11.6. The Morgan fingerprint density at radius 1 is 1.25 bits per heavy atom. The molecule has 7 heteroatoms. The fourth-order valence-electron chi connectivity index (χ4n) is 1.60. The summed E-state index contributed by atoms with van der Waals surface area (Å²) in [6.45, 7) is 0.582. The smallest absolute Gasteiger partial charge is 0.406 e. The second kappa shape index (κ2) is 7.74. The minimum atomic E-state index is -4.75. The highest BCUT2D eigenvalue weighted by molar-refractivity contribution is 5.90. The molecule has 0 atom stereocenters. The number of ether oxygens (including phenoxy) is 1. The van der Waals surface area contributed by atoms with Crippen LogP contribution >= 0.6 is 0 Å². The zero-order chi connectivity index (χ0) is 15.0. The van der Waals surface area contributed by atoms with Crippen LogP contribution in [-0.2, 0) is 4.79 Å². The molecule has 112 valence electrons. The van der Waals surface area contributed by atoms with E-state index in [0.29, 0.717) is 19.4 Å². The number of nitrogens with one attached hydrogen (secondary N) is 1. The van der Waals surface area contributed by atoms with Gasteiger partial charge in [0.1, 0.15) is 5.75 Å². The van der Waals surface area contributed by atoms with Crippen molar-refractivity contribution < 1.29 is 22.7 Å². The highest BCUT2D eigenvalue weighted by Gasteiger charge is 2.31. The maximum atomic E-state index is 12.1. The fraction of sp³-hybridized carbons (Fsp3) is 0.462. The van der Waals surface area contributed by atoms with E-state index in [1.807, 2.05) is 0 Å². The largest absolute Gasteiger partial charge is 0.573 e. The van der Waals surface area contributed by atoms with Gasteiger partial charge in [0.05, 0.1) is 0 Å². The Morgan fingerprint density at radius 3 is 2.65 bits per heavy atom. The predicted molar refractivity (Wildman–Crippen MR) is 69.3 cm³/mol. The maximum Gasteiger partial charge on any atom is 0.573 e. The summed E-state index contributed by atoms with van der Waals surface area (Å²) in [5.41, 5.74) is 5.60. The molecule has 1 aromatic carbocycles. The van der Waals surface area contributed by atoms with Gasteiger partial charge in [-0.1, -0.05) is 12.5 Å². The van der Waals surface area contributed by atoms with Crippen LogP contribution in [0, 0.1) is 0 Å². The Kier molecular flexibility index (Phi) is 6.30. The molecule has 1 amide bonds. The molecular formula is C13H17F3N2O2. The number of benzene rings is 1. The van der Waals surface area contributed by atoms with Gasteiger partial charge in [-0.3, -0.25) is 4.79 Å². The third-order valence-electron chi connectivity index (χ3n) is 2.46. The molecule has 20 heavy (non-hydrogen) atoms. The van der Waals surface area contributed by atoms with Gasteiger partial charge < -0.3 is 15.8 Å². The van der Waals surface area contributed by atoms with E-state index in [-0.39, 0.29) is 17.3 Å². The van der Waals surface area contributed by atoms with Gasteiger partial charge >= 0.3 is 6.36 Å². The molecule has 0 aromatic heterocycles. The molecule has 0 unspecified atom stereocenters. The van der Waals surface area contributed by atoms with Gasteiger partial charge in [-0.25, -0.2) is 0 Å². The van der Waals surface area contributed by atoms with E-state index in [0.717, 1.165) is 18.9 Å². The molecule has 0 aliphatic carbocycles. The van der Waals surface area contributed by atoms with Crippen molar-refractivity contribution in [3.05, 3.63) is 24.3 Å². The second-order valence-electron chi connectivity index (χ2n) is 4.22. The standard InChI is InChI=1S/C13H17F3N2O2/c14-13(15,16)20-11-6-4-5-10(9-11)18-12(19)7-2-1-3-8-17/h4-6,9H,1-3,7-8,17H2,(H,18,19). The third kappa shape index (κ3) is 6.98. The monoisotopic (exact) mass is 290 g/mol. The lowest BCUT2D eigenvalue weighted by atomic mass is 10.2. The molecule has 1 aromatic rings. The van der Waals surface area contributed by atoms with Crippen LogP contribution in [-0.4, -0.2) is 18.8 Å². The van der Waals surface area contributed by atoms with Crippen molar-refractivity contribution in [3.63, 3.8) is 0 Å². The lowest BCUT2D eigenvalue weighted by molar-refractivity contribution is -0.274. The van der Waals surface area contributed by atoms with Crippen molar-refractivity contribution in [2.75, 3.05) is 11.9 Å². The van der Waals surface area contributed by atoms with E-state index in [4.69, 9.17) is 5.73 Å². The number of anilines is 1. The van der Waals surface area contributed by atoms with E-state index >= 15 is 0 Å². The van der Waals surface area contributed by atoms with Crippen molar-refractivity contribution in [1.29, 1.82) is 0 Å². The van der Waals surface area contributed by atoms with Crippen LogP contribution in [0.4, 0.5) is 18.9 Å². The molecule has 0 radical (unpaired) electrons. The van der Waals surface area contributed by atoms with Crippen LogP contribution in [0.1, 0.15) is 25.7 Å². The Hall–Kier alpha value is -1.76. The molecule has 0 heterocycles. The van der Waals surface area contributed by atoms with E-state index < -0.39 is 6.36 Å². The number of carbonyl (C=O) groups excluding carboxylic acids is 1. The van der Waals surface area contributed by atoms with Crippen molar-refractivity contribution in [2.45, 2.75) is 32.0 Å². The quantitative estimate of drug-likeness (QED) is 0.759. The number of unbranched alkanes of at least 4 members (excludes halogenated alkanes) is 2. The molecule has 0 aliphatic heterocycles. The minimum Gasteiger partial charge on any atom is -0.406 e. The van der Waals surface area contributed by atoms with Gasteiger partial charge in [0.2, 0.25) is 5.91 Å². The Bertz CT molecular complexity index is 436. The number of nitrogens with two attached hydrogens (primary N) is 1. The summed E-state index contributed by atoms with van der Waals surface area (Å²) in [7, 11) is 0. The summed E-state index contributed by atoms with van der Waals surface area (Å²) in [6.07, 6.45) is -2.04. The molecule has 0 aliphatic rings. The Morgan fingerprint density at radius 2 is 2.00 bits per heavy atom. The van der Waals surface area contributed by atoms with Gasteiger partial charge in [0, 0.05) is 18.2 Å². The number of carbonyl (C=O) groups is 1. The molecule has 1 rings (SSSR count). The molecule has 0 fully saturated rings. The molecular weight excluding hydrogens is 273 g/mol. The molecule has 0 saturated heterocycles. The lowest BCUT2D eigenvalue weighted by Crippen LogP contribution is -2.17. The Balaban J connectivity index is 2.47. The summed E-state index contributed by atoms with van der Waals surface area (Å²) in [5, 5.41) is 2.53. The zero-order valence-electron chi connectivity index (χ0n) is 10.9. The number of halogens is 3. The van der Waals surface area contributed by atoms with E-state index in [9.17, 15) is 18.0 Å². The van der Waals surface area contributed by atoms with Gasteiger partial charge in [-0.2, -0.15) is 0 Å². The molecule has 0 spiro atoms. The average Bonchev–Trinajstić information content (AvgIpc) is 2.33. The van der Waals surface area contributed by atoms with Gasteiger partial charge in [-0.05, 0) is 31.5 Å². The Labute approximate surface area is 115 Å². The number of rotatable bonds is 7. The minimum absolute atomic E-state index is 0.244. The summed E-state index contributed by atoms with van der Waals surface area (Å²) in [6, 6.07) is 5.18. The highest BCUT2D eigenvalue weighted by Crippen LogP contribution is 2.25. The zero-order valence-corrected chi connectivity index (χ0v) is 10.9. The summed E-state index contributed by atoms with van der Waals surface area (Å²) >= 11 is 0. The number of hydrogen-bond acceptors (Lipinski definition) is 3. The third-order valence-corrected chi connectivity index (χ3v) is 2.46. The second-order valence-corrected chi connectivity index (χ2v) is 4.22. The molecule has 4 nitrogen and oxygen atoms in total. The van der Waals surface area contributed by atoms with Crippen molar-refractivity contribution in [3.8, 4) is 5.75 Å². The topological polar surface area (TPSA) is 64.4 Å². The van der Waals surface area contributed by atoms with Gasteiger partial charge in [-0.15, -0.1) is 13.2 Å². The normalized spacial score (nSPS) is 11.2. The number of amides is 1. The number of alkyl halides is 3. The van der Waals surface area contributed by atoms with Crippen LogP contribution in [0.5, 0.6) is 5.75 Å². The van der Waals surface area contributed by atoms with Crippen molar-refractivity contribution in [1.82, 2.24) is 0 Å². The predicted octanol–water partition coefficient (Wildman–Crippen LogP) is 3.04. The molecule has 3 N–H and O–H groups in total. The van der Waals surface area contributed by atoms with E-state index in [1.165, 1.54) is 18.2 Å². The highest BCUT2D eigenvalue weighted by atomic mass is 19.4. The van der Waals surface area contributed by atoms with E-state index in [1.54, 1.807) is 0 Å². The van der Waals surface area contributed by atoms with Crippen LogP contribution in [0.3, 0.4) is 0 Å². The van der Waals surface area contributed by atoms with Gasteiger partial charge in [0.25, 0.3) is 0 Å². The first kappa shape index (κ1) is 16.3. The maximum absolute atomic E-state index is 12.1. The fourth-order valence-corrected chi connectivity index (χ4v) is 1.60. The summed E-state index contributed by atoms with van der Waals surface area (Å²) < 4.78 is 39.9. The van der Waals surface area contributed by atoms with Crippen molar-refractivity contribution >= 4 is 11.6 Å². The average molecular weight is 290 g/mol. The summed E-state index contributed by atoms with van der Waals surface area (Å²) in [5.74, 6) is -0.607. The first-order valence-electron chi connectivity index (χ1n) is 6.26. The lowest BCUT2D eigenvalue weighted by Gasteiger charge is -2.10. The molecule has 0 bridgehead atoms. The van der Waals surface area contributed by atoms with Crippen molar-refractivity contribution in [2.24, 2.45) is 5.73 Å². The SMILES string of the molecule is NCCCCCC(=O)Nc1cccc(OC(F)(F)F)c1. The van der Waals surface area contributed by atoms with Crippen LogP contribution in [0.15, 0.2) is 24.3 Å². The van der Waals surface area contributed by atoms with Crippen LogP contribution in [0.2, 0.25) is 0 Å². The van der Waals surface area contributed by atoms with Gasteiger partial charge in [0.15, 0.2) is 0 Å². The number of hydrogen-bond donors (Lipinski definition) is 2. The molecule has 0 saturated carbocycles. The van der Waals surface area contributed by atoms with E-state index in [2.05, 4.69) is 10.1 Å². The first-order valence-corrected chi connectivity index (χ1v) is 6.26.